The summed E-state index contributed by atoms with van der Waals surface area (Å²) < 4.78 is 100. The van der Waals surface area contributed by atoms with Crippen LogP contribution in [0.25, 0.3) is 0 Å². The molecule has 1 spiro atoms. The van der Waals surface area contributed by atoms with Gasteiger partial charge in [0, 0.05) is 114 Å². The molecule has 7 aliphatic heterocycles. The number of ether oxygens (including phenoxy) is 2. The van der Waals surface area contributed by atoms with E-state index in [-0.39, 0.29) is 9.79 Å². The summed E-state index contributed by atoms with van der Waals surface area (Å²) in [7, 11) is 2.99. The first-order valence-electron chi connectivity index (χ1n) is 48.2. The third-order valence-electron chi connectivity index (χ3n) is 21.3. The molecule has 742 valence electrons. The summed E-state index contributed by atoms with van der Waals surface area (Å²) in [5.41, 5.74) is 6.92. The second kappa shape index (κ2) is 85.4. The molecule has 12 aliphatic rings. The number of piperazine rings is 1. The van der Waals surface area contributed by atoms with Crippen LogP contribution in [0.4, 0.5) is 17.6 Å². The van der Waals surface area contributed by atoms with Gasteiger partial charge in [-0.1, -0.05) is 203 Å². The predicted octanol–water partition coefficient (Wildman–Crippen LogP) is 17.1. The van der Waals surface area contributed by atoms with Crippen molar-refractivity contribution in [3.63, 3.8) is 0 Å². The van der Waals surface area contributed by atoms with Gasteiger partial charge in [-0.3, -0.25) is 19.8 Å². The Balaban J connectivity index is 0.00000136. The van der Waals surface area contributed by atoms with Crippen molar-refractivity contribution in [3.8, 4) is 0 Å². The van der Waals surface area contributed by atoms with E-state index in [4.69, 9.17) is 25.5 Å². The maximum Gasteiger partial charge on any atom is 0.416 e. The number of rotatable bonds is 7. The van der Waals surface area contributed by atoms with Gasteiger partial charge >= 0.3 is 6.18 Å². The summed E-state index contributed by atoms with van der Waals surface area (Å²) >= 11 is 0. The molecule has 1 atom stereocenters. The van der Waals surface area contributed by atoms with E-state index in [0.717, 1.165) is 132 Å². The van der Waals surface area contributed by atoms with E-state index >= 15 is 0 Å². The number of likely N-dealkylation sites (tertiary alicyclic amines) is 2. The van der Waals surface area contributed by atoms with Crippen molar-refractivity contribution in [2.45, 2.75) is 261 Å². The normalized spacial score (nSPS) is 18.8. The van der Waals surface area contributed by atoms with Crippen LogP contribution < -0.4 is 37.3 Å². The standard InChI is InChI=1S/C7H5F3.C7H13NO.C7H13N.C6H6FNO2S.C6H7NO2S.C6H11NO2.C6H13NO.C6H13N.C6H7N.C6H13N.C6H12.C5H12N2.C5H11N.C5H5N.C4H4N2.C4H8.C3H6.C3H8.C2H7N/c8-7(9,10)6-4-2-1-3-5-6;1-8-5-2-3-7(8)4-6-9;1-2-7(3-4-7)6-8-5-1;7-5-1-3-6(4-2-5)11(8,9)10;7-10(8,9)6-4-2-1-3-5-6;8-4-1-7-2-5-9-6-3-7;1-2-7-3-5-8-6-4-7;1-7-5-3-2-4-6-7;1-6-4-2-3-5-7-6;7-6-4-2-1-3-5-6;1-2-4-6-5-3-1;1-7-4-2-6-3-5-7;2*1-2-4-6-5-3-1;1-2-5-4-6-3-1;1-2-4-3-1;1-2-3-1;2*1-3-2/h1-5H;6-7H,2-5H2,1H3;8H,1-6H2;1-4H,(H2,8,9,10);1-5H,(H2,7,8,9);4H,1-3,5-6H2;2-6H2,1H3;2-6H2,1H3;2-5H,1H3;6H,1-5,7H2;1-6H2;6H,2-5H2,1H3;6H,1-5H2;1-5H;1-4H;1-4H2;1-3H2;3H2,1-2H3;3H,1-2H3. The Morgan fingerprint density at radius 1 is 0.469 bits per heavy atom. The number of sulfonamides is 2. The summed E-state index contributed by atoms with van der Waals surface area (Å²) in [4.78, 5) is 46.7. The number of nitrogens with two attached hydrogens (primary N) is 3. The lowest BCUT2D eigenvalue weighted by Crippen LogP contribution is -2.40. The molecule has 3 aromatic heterocycles. The van der Waals surface area contributed by atoms with E-state index in [1.54, 1.807) is 61.3 Å². The van der Waals surface area contributed by atoms with Crippen LogP contribution in [-0.4, -0.2) is 259 Å². The molecular weight excluding hydrogens is 1690 g/mol. The predicted molar refractivity (Wildman–Crippen MR) is 529 cm³/mol. The van der Waals surface area contributed by atoms with E-state index in [9.17, 15) is 44.0 Å². The summed E-state index contributed by atoms with van der Waals surface area (Å²) in [5, 5.41) is 22.3. The minimum absolute atomic E-state index is 0.0844. The second-order valence-corrected chi connectivity index (χ2v) is 36.8. The number of likely N-dealkylation sites (N-methyl/N-ethyl adjacent to an activating group) is 2. The van der Waals surface area contributed by atoms with E-state index in [1.165, 1.54) is 295 Å². The molecular formula is C100H174F4N16O8S2. The molecule has 24 nitrogen and oxygen atoms in total. The van der Waals surface area contributed by atoms with Crippen molar-refractivity contribution in [2.75, 3.05) is 173 Å². The number of piperidine rings is 3. The van der Waals surface area contributed by atoms with Crippen molar-refractivity contribution < 1.29 is 53.5 Å². The molecule has 30 heteroatoms. The molecule has 5 aliphatic carbocycles. The Bertz CT molecular complexity index is 3440. The van der Waals surface area contributed by atoms with E-state index < -0.39 is 37.6 Å². The van der Waals surface area contributed by atoms with E-state index in [1.807, 2.05) is 57.4 Å². The number of pyridine rings is 2. The Morgan fingerprint density at radius 2 is 0.885 bits per heavy atom. The van der Waals surface area contributed by atoms with Gasteiger partial charge in [-0.05, 0) is 237 Å². The molecule has 1 unspecified atom stereocenters. The molecule has 6 aromatic rings. The minimum atomic E-state index is -4.21. The topological polar surface area (TPSA) is 315 Å². The second-order valence-electron chi connectivity index (χ2n) is 33.6. The number of nitrogens with zero attached hydrogens (tertiary/aromatic N) is 9. The Labute approximate surface area is 784 Å². The van der Waals surface area contributed by atoms with Crippen molar-refractivity contribution >= 4 is 32.6 Å². The highest BCUT2D eigenvalue weighted by molar-refractivity contribution is 7.89. The van der Waals surface area contributed by atoms with E-state index in [2.05, 4.69) is 108 Å². The largest absolute Gasteiger partial charge is 0.416 e. The fraction of sp³-hybridized carbons (Fsp3) is 0.660. The van der Waals surface area contributed by atoms with Crippen LogP contribution >= 0.6 is 0 Å². The number of primary sulfonamides is 2. The number of carbonyl (C=O) groups is 2. The number of hydrogen-bond donors (Lipinski definition) is 7. The zero-order valence-electron chi connectivity index (χ0n) is 81.2. The highest BCUT2D eigenvalue weighted by atomic mass is 32.2. The lowest BCUT2D eigenvalue weighted by molar-refractivity contribution is -0.137. The first-order chi connectivity index (χ1) is 62.7. The number of alkyl halides is 3. The number of benzene rings is 3. The molecule has 18 rings (SSSR count). The summed E-state index contributed by atoms with van der Waals surface area (Å²) in [6.07, 6.45) is 52.9. The van der Waals surface area contributed by atoms with Gasteiger partial charge in [0.05, 0.1) is 48.3 Å². The van der Waals surface area contributed by atoms with Crippen LogP contribution in [0.5, 0.6) is 0 Å². The summed E-state index contributed by atoms with van der Waals surface area (Å²) in [6.45, 7) is 31.2. The highest BCUT2D eigenvalue weighted by Gasteiger charge is 2.42. The Kier molecular flexibility index (Phi) is 81.1. The van der Waals surface area contributed by atoms with Gasteiger partial charge in [0.1, 0.15) is 24.7 Å². The summed E-state index contributed by atoms with van der Waals surface area (Å²) in [6, 6.07) is 33.0. The first kappa shape index (κ1) is 123. The van der Waals surface area contributed by atoms with Gasteiger partial charge in [-0.2, -0.15) is 13.2 Å². The molecule has 0 bridgehead atoms. The third kappa shape index (κ3) is 81.0. The number of hydrogen-bond acceptors (Lipinski definition) is 22. The molecule has 130 heavy (non-hydrogen) atoms. The maximum atomic E-state index is 12.2. The summed E-state index contributed by atoms with van der Waals surface area (Å²) in [5.74, 6) is -0.489. The molecule has 3 aromatic carbocycles. The maximum absolute atomic E-state index is 12.2. The monoisotopic (exact) mass is 1870 g/mol. The number of nitrogens with one attached hydrogen (secondary N) is 4. The van der Waals surface area contributed by atoms with Crippen LogP contribution in [0.3, 0.4) is 0 Å². The van der Waals surface area contributed by atoms with Crippen LogP contribution in [0, 0.1) is 18.2 Å². The van der Waals surface area contributed by atoms with E-state index in [0.29, 0.717) is 18.6 Å². The van der Waals surface area contributed by atoms with Crippen LogP contribution in [0.1, 0.15) is 237 Å². The lowest BCUT2D eigenvalue weighted by Gasteiger charge is -2.24. The fourth-order valence-electron chi connectivity index (χ4n) is 12.8. The van der Waals surface area contributed by atoms with Crippen molar-refractivity contribution in [3.05, 3.63) is 182 Å². The van der Waals surface area contributed by atoms with Crippen molar-refractivity contribution in [1.82, 2.24) is 65.7 Å². The Hall–Kier alpha value is -6.56. The third-order valence-corrected chi connectivity index (χ3v) is 23.2. The number of halogens is 4. The quantitative estimate of drug-likeness (QED) is 0.0577. The molecule has 12 fully saturated rings. The number of aromatic nitrogens is 4. The lowest BCUT2D eigenvalue weighted by atomic mass is 9.97. The smallest absolute Gasteiger partial charge is 0.379 e. The van der Waals surface area contributed by atoms with Crippen LogP contribution in [-0.2, 0) is 45.3 Å². The van der Waals surface area contributed by atoms with Gasteiger partial charge in [0.2, 0.25) is 20.0 Å². The first-order valence-corrected chi connectivity index (χ1v) is 51.3. The molecule has 7 saturated heterocycles. The number of carbonyl (C=O) groups excluding carboxylic acids is 2. The Morgan fingerprint density at radius 3 is 1.15 bits per heavy atom. The molecule has 10 N–H and O–H groups in total. The SMILES string of the molecule is C1CC1.C1CCC1.C1CCCCC1.C1CCNCC1.C1CNCC2(C1)CC2.CCC.CCN1CCOCC1.CN1CCCC1CC=O.CN1CCCCC1.CN1CCNCC1.CNC.Cc1ccccn1.FC(F)(F)c1ccccc1.NC1CCCCC1.NS(=O)(=O)c1ccc(F)cc1.NS(=O)(=O)c1ccccc1.O=CCN1CCOCC1.c1ccncc1.c1cncnc1. The van der Waals surface area contributed by atoms with Gasteiger partial charge in [0.15, 0.2) is 0 Å². The number of morpholine rings is 2. The highest BCUT2D eigenvalue weighted by Crippen LogP contribution is 2.50. The molecule has 5 saturated carbocycles. The zero-order valence-corrected chi connectivity index (χ0v) is 82.9. The average Bonchev–Trinajstić information content (AvgIpc) is 1.66. The van der Waals surface area contributed by atoms with Gasteiger partial charge in [-0.25, -0.2) is 41.5 Å². The zero-order chi connectivity index (χ0) is 96.0. The van der Waals surface area contributed by atoms with Crippen molar-refractivity contribution in [1.29, 1.82) is 0 Å². The fourth-order valence-corrected chi connectivity index (χ4v) is 13.8. The average molecular weight is 1870 g/mol. The number of aldehydes is 2. The van der Waals surface area contributed by atoms with Crippen LogP contribution in [0.2, 0.25) is 0 Å². The molecule has 10 heterocycles. The van der Waals surface area contributed by atoms with Crippen molar-refractivity contribution in [2.24, 2.45) is 21.4 Å². The molecule has 0 amide bonds. The van der Waals surface area contributed by atoms with Gasteiger partial charge in [-0.15, -0.1) is 0 Å². The minimum Gasteiger partial charge on any atom is -0.379 e. The van der Waals surface area contributed by atoms with Gasteiger partial charge in [0.25, 0.3) is 0 Å². The molecule has 0 radical (unpaired) electrons. The van der Waals surface area contributed by atoms with Crippen LogP contribution in [0.15, 0.2) is 174 Å². The van der Waals surface area contributed by atoms with Gasteiger partial charge < -0.3 is 60.8 Å². The number of aryl methyl sites for hydroxylation is 1.